The molecule has 0 radical (unpaired) electrons. The summed E-state index contributed by atoms with van der Waals surface area (Å²) in [5, 5.41) is 14.2. The Hall–Kier alpha value is -2.67. The number of carbonyl (C=O) groups is 1. The number of hydrogen-bond acceptors (Lipinski definition) is 4. The number of benzene rings is 1. The number of amides is 1. The lowest BCUT2D eigenvalue weighted by atomic mass is 10.1. The third-order valence-electron chi connectivity index (χ3n) is 3.49. The van der Waals surface area contributed by atoms with E-state index in [1.165, 1.54) is 29.9 Å². The van der Waals surface area contributed by atoms with Crippen molar-refractivity contribution in [2.45, 2.75) is 13.3 Å². The number of nitrogens with one attached hydrogen (secondary N) is 2. The molecule has 128 valence electrons. The standard InChI is InChI=1S/C17H20FN3O3/c1-11-4-5-14(13(18)8-11)20-15-9-16(23)21(2)10-12(15)17(24)19-6-3-7-22/h4-5,8-10,20,22H,3,6-7H2,1-2H3,(H,19,24). The molecule has 0 atom stereocenters. The van der Waals surface area contributed by atoms with Gasteiger partial charge in [-0.3, -0.25) is 9.59 Å². The molecular formula is C17H20FN3O3. The molecule has 3 N–H and O–H groups in total. The molecule has 0 spiro atoms. The number of aliphatic hydroxyl groups excluding tert-OH is 1. The molecule has 2 aromatic rings. The summed E-state index contributed by atoms with van der Waals surface area (Å²) in [6.45, 7) is 2.04. The van der Waals surface area contributed by atoms with Crippen LogP contribution >= 0.6 is 0 Å². The fraction of sp³-hybridized carbons (Fsp3) is 0.294. The van der Waals surface area contributed by atoms with Crippen LogP contribution in [0, 0.1) is 12.7 Å². The van der Waals surface area contributed by atoms with Gasteiger partial charge in [0.15, 0.2) is 0 Å². The lowest BCUT2D eigenvalue weighted by Gasteiger charge is -2.14. The Balaban J connectivity index is 2.35. The highest BCUT2D eigenvalue weighted by Crippen LogP contribution is 2.22. The molecule has 0 aliphatic heterocycles. The van der Waals surface area contributed by atoms with Crippen LogP contribution in [0.2, 0.25) is 0 Å². The van der Waals surface area contributed by atoms with Gasteiger partial charge in [0.25, 0.3) is 11.5 Å². The Morgan fingerprint density at radius 1 is 1.29 bits per heavy atom. The first-order chi connectivity index (χ1) is 11.4. The third kappa shape index (κ3) is 4.20. The molecule has 6 nitrogen and oxygen atoms in total. The predicted octanol–water partition coefficient (Wildman–Crippen LogP) is 1.69. The van der Waals surface area contributed by atoms with E-state index in [2.05, 4.69) is 10.6 Å². The van der Waals surface area contributed by atoms with Crippen molar-refractivity contribution < 1.29 is 14.3 Å². The maximum atomic E-state index is 14.0. The van der Waals surface area contributed by atoms with E-state index in [1.54, 1.807) is 19.1 Å². The van der Waals surface area contributed by atoms with Crippen LogP contribution in [-0.2, 0) is 7.05 Å². The Morgan fingerprint density at radius 2 is 2.04 bits per heavy atom. The first kappa shape index (κ1) is 17.7. The smallest absolute Gasteiger partial charge is 0.254 e. The van der Waals surface area contributed by atoms with Gasteiger partial charge in [-0.05, 0) is 31.0 Å². The van der Waals surface area contributed by atoms with Crippen molar-refractivity contribution in [2.75, 3.05) is 18.5 Å². The number of hydrogen-bond donors (Lipinski definition) is 3. The minimum atomic E-state index is -0.470. The Bertz CT molecular complexity index is 802. The molecule has 7 heteroatoms. The molecular weight excluding hydrogens is 313 g/mol. The van der Waals surface area contributed by atoms with E-state index < -0.39 is 11.7 Å². The highest BCUT2D eigenvalue weighted by atomic mass is 19.1. The number of aliphatic hydroxyl groups is 1. The van der Waals surface area contributed by atoms with Gasteiger partial charge in [-0.2, -0.15) is 0 Å². The van der Waals surface area contributed by atoms with Crippen LogP contribution in [0.25, 0.3) is 0 Å². The van der Waals surface area contributed by atoms with Gasteiger partial charge < -0.3 is 20.3 Å². The van der Waals surface area contributed by atoms with Crippen LogP contribution in [0.5, 0.6) is 0 Å². The van der Waals surface area contributed by atoms with Gasteiger partial charge in [-0.15, -0.1) is 0 Å². The van der Waals surface area contributed by atoms with Crippen molar-refractivity contribution in [1.29, 1.82) is 0 Å². The molecule has 0 aliphatic carbocycles. The van der Waals surface area contributed by atoms with E-state index in [4.69, 9.17) is 5.11 Å². The molecule has 0 bridgehead atoms. The lowest BCUT2D eigenvalue weighted by molar-refractivity contribution is 0.0951. The van der Waals surface area contributed by atoms with Crippen LogP contribution in [0.4, 0.5) is 15.8 Å². The van der Waals surface area contributed by atoms with Gasteiger partial charge in [0.1, 0.15) is 5.82 Å². The molecule has 0 saturated heterocycles. The largest absolute Gasteiger partial charge is 0.396 e. The normalized spacial score (nSPS) is 10.5. The lowest BCUT2D eigenvalue weighted by Crippen LogP contribution is -2.28. The van der Waals surface area contributed by atoms with Crippen molar-refractivity contribution in [2.24, 2.45) is 7.05 Å². The average Bonchev–Trinajstić information content (AvgIpc) is 2.53. The molecule has 1 aromatic heterocycles. The van der Waals surface area contributed by atoms with Gasteiger partial charge in [-0.25, -0.2) is 4.39 Å². The highest BCUT2D eigenvalue weighted by Gasteiger charge is 2.15. The number of carbonyl (C=O) groups excluding carboxylic acids is 1. The zero-order valence-corrected chi connectivity index (χ0v) is 13.6. The fourth-order valence-corrected chi connectivity index (χ4v) is 2.16. The SMILES string of the molecule is Cc1ccc(Nc2cc(=O)n(C)cc2C(=O)NCCCO)c(F)c1. The Kier molecular flexibility index (Phi) is 5.70. The van der Waals surface area contributed by atoms with E-state index in [-0.39, 0.29) is 29.1 Å². The summed E-state index contributed by atoms with van der Waals surface area (Å²) in [6, 6.07) is 5.90. The topological polar surface area (TPSA) is 83.4 Å². The van der Waals surface area contributed by atoms with E-state index in [0.717, 1.165) is 5.56 Å². The van der Waals surface area contributed by atoms with E-state index in [9.17, 15) is 14.0 Å². The number of aryl methyl sites for hydroxylation is 2. The summed E-state index contributed by atoms with van der Waals surface area (Å²) < 4.78 is 15.3. The number of anilines is 2. The zero-order chi connectivity index (χ0) is 17.7. The van der Waals surface area contributed by atoms with Gasteiger partial charge in [0.05, 0.1) is 16.9 Å². The molecule has 1 amide bonds. The molecule has 0 fully saturated rings. The van der Waals surface area contributed by atoms with Gasteiger partial charge in [0.2, 0.25) is 0 Å². The van der Waals surface area contributed by atoms with Crippen LogP contribution < -0.4 is 16.2 Å². The summed E-state index contributed by atoms with van der Waals surface area (Å²) in [5.41, 5.74) is 1.07. The number of nitrogens with zero attached hydrogens (tertiary/aromatic N) is 1. The van der Waals surface area contributed by atoms with Crippen molar-refractivity contribution in [1.82, 2.24) is 9.88 Å². The highest BCUT2D eigenvalue weighted by molar-refractivity contribution is 6.00. The molecule has 0 saturated carbocycles. The minimum Gasteiger partial charge on any atom is -0.396 e. The Morgan fingerprint density at radius 3 is 2.71 bits per heavy atom. The van der Waals surface area contributed by atoms with E-state index in [1.807, 2.05) is 0 Å². The second kappa shape index (κ2) is 7.74. The summed E-state index contributed by atoms with van der Waals surface area (Å²) >= 11 is 0. The number of pyridine rings is 1. The number of aromatic nitrogens is 1. The van der Waals surface area contributed by atoms with Gasteiger partial charge >= 0.3 is 0 Å². The molecule has 2 rings (SSSR count). The Labute approximate surface area is 138 Å². The van der Waals surface area contributed by atoms with Crippen molar-refractivity contribution in [3.8, 4) is 0 Å². The minimum absolute atomic E-state index is 0.0345. The van der Waals surface area contributed by atoms with Crippen molar-refractivity contribution in [3.63, 3.8) is 0 Å². The first-order valence-electron chi connectivity index (χ1n) is 7.55. The monoisotopic (exact) mass is 333 g/mol. The van der Waals surface area contributed by atoms with E-state index >= 15 is 0 Å². The maximum absolute atomic E-state index is 14.0. The third-order valence-corrected chi connectivity index (χ3v) is 3.49. The van der Waals surface area contributed by atoms with E-state index in [0.29, 0.717) is 13.0 Å². The summed E-state index contributed by atoms with van der Waals surface area (Å²) in [5.74, 6) is -0.878. The molecule has 1 heterocycles. The van der Waals surface area contributed by atoms with Crippen molar-refractivity contribution >= 4 is 17.3 Å². The summed E-state index contributed by atoms with van der Waals surface area (Å²) in [4.78, 5) is 24.2. The van der Waals surface area contributed by atoms with Crippen LogP contribution in [0.15, 0.2) is 35.3 Å². The van der Waals surface area contributed by atoms with Gasteiger partial charge in [0, 0.05) is 32.5 Å². The molecule has 1 aromatic carbocycles. The predicted molar refractivity (Wildman–Crippen MR) is 90.1 cm³/mol. The van der Waals surface area contributed by atoms with Crippen molar-refractivity contribution in [3.05, 3.63) is 57.8 Å². The number of halogens is 1. The fourth-order valence-electron chi connectivity index (χ4n) is 2.16. The maximum Gasteiger partial charge on any atom is 0.254 e. The second-order valence-corrected chi connectivity index (χ2v) is 5.49. The van der Waals surface area contributed by atoms with Crippen LogP contribution in [-0.4, -0.2) is 28.7 Å². The zero-order valence-electron chi connectivity index (χ0n) is 13.6. The van der Waals surface area contributed by atoms with Gasteiger partial charge in [-0.1, -0.05) is 6.07 Å². The van der Waals surface area contributed by atoms with Crippen LogP contribution in [0.1, 0.15) is 22.3 Å². The summed E-state index contributed by atoms with van der Waals surface area (Å²) in [7, 11) is 1.53. The summed E-state index contributed by atoms with van der Waals surface area (Å²) in [6.07, 6.45) is 1.82. The van der Waals surface area contributed by atoms with Crippen LogP contribution in [0.3, 0.4) is 0 Å². The quantitative estimate of drug-likeness (QED) is 0.703. The molecule has 24 heavy (non-hydrogen) atoms. The first-order valence-corrected chi connectivity index (χ1v) is 7.55. The second-order valence-electron chi connectivity index (χ2n) is 5.49. The number of rotatable bonds is 6. The average molecular weight is 333 g/mol. The molecule has 0 unspecified atom stereocenters. The molecule has 0 aliphatic rings.